The van der Waals surface area contributed by atoms with E-state index in [0.717, 1.165) is 11.8 Å². The highest BCUT2D eigenvalue weighted by Gasteiger charge is 2.23. The highest BCUT2D eigenvalue weighted by atomic mass is 32.1. The number of carbonyl (C=O) groups is 3. The van der Waals surface area contributed by atoms with Gasteiger partial charge in [0.25, 0.3) is 0 Å². The molecule has 1 aliphatic carbocycles. The zero-order valence-corrected chi connectivity index (χ0v) is 33.9. The minimum atomic E-state index is -1.19. The number of fused-ring (bicyclic) bond motifs is 3. The Balaban J connectivity index is 0.949. The number of benzene rings is 4. The second-order valence-electron chi connectivity index (χ2n) is 14.2. The van der Waals surface area contributed by atoms with E-state index >= 15 is 0 Å². The number of rotatable bonds is 11. The summed E-state index contributed by atoms with van der Waals surface area (Å²) in [4.78, 5) is 60.1. The van der Waals surface area contributed by atoms with Crippen LogP contribution < -0.4 is 21.5 Å². The van der Waals surface area contributed by atoms with Crippen LogP contribution in [0, 0.1) is 0 Å². The fourth-order valence-corrected chi connectivity index (χ4v) is 6.99. The number of aromatic carboxylic acids is 1. The molecule has 17 heteroatoms. The molecule has 0 spiro atoms. The van der Waals surface area contributed by atoms with E-state index in [9.17, 15) is 39.6 Å². The number of phenolic OH excluding ortho intramolecular Hbond substituents is 3. The summed E-state index contributed by atoms with van der Waals surface area (Å²) in [6, 6.07) is 16.0. The number of carboxylic acid groups (broad SMARTS) is 1. The van der Waals surface area contributed by atoms with Gasteiger partial charge in [0, 0.05) is 53.5 Å². The summed E-state index contributed by atoms with van der Waals surface area (Å²) in [7, 11) is 0. The van der Waals surface area contributed by atoms with Crippen LogP contribution in [-0.2, 0) is 19.2 Å². The predicted molar refractivity (Wildman–Crippen MR) is 231 cm³/mol. The molecule has 0 aromatic heterocycles. The minimum absolute atomic E-state index is 0.000424. The molecule has 6 rings (SSSR count). The number of nitrogens with zero attached hydrogens (tertiary/aromatic N) is 1. The molecule has 1 atom stereocenters. The van der Waals surface area contributed by atoms with Gasteiger partial charge in [0.1, 0.15) is 34.2 Å². The third-order valence-electron chi connectivity index (χ3n) is 9.61. The number of thiocarbonyl (C=S) groups is 1. The molecular formula is C44H44N4O12S. The van der Waals surface area contributed by atoms with Crippen LogP contribution in [-0.4, -0.2) is 75.0 Å². The van der Waals surface area contributed by atoms with Crippen LogP contribution in [0.3, 0.4) is 0 Å². The zero-order chi connectivity index (χ0) is 43.5. The Hall–Kier alpha value is -6.98. The Morgan fingerprint density at radius 1 is 0.918 bits per heavy atom. The van der Waals surface area contributed by atoms with Gasteiger partial charge >= 0.3 is 17.9 Å². The van der Waals surface area contributed by atoms with Crippen molar-refractivity contribution in [3.8, 4) is 39.7 Å². The average Bonchev–Trinajstić information content (AvgIpc) is 3.20. The van der Waals surface area contributed by atoms with Gasteiger partial charge in [-0.3, -0.25) is 4.79 Å². The summed E-state index contributed by atoms with van der Waals surface area (Å²) in [6.07, 6.45) is 7.14. The van der Waals surface area contributed by atoms with Gasteiger partial charge in [0.05, 0.1) is 17.4 Å². The van der Waals surface area contributed by atoms with Gasteiger partial charge in [-0.25, -0.2) is 14.4 Å². The van der Waals surface area contributed by atoms with Crippen LogP contribution in [0.2, 0.25) is 0 Å². The molecule has 318 valence electrons. The van der Waals surface area contributed by atoms with E-state index in [2.05, 4.69) is 21.3 Å². The second-order valence-corrected chi connectivity index (χ2v) is 14.7. The number of hydroxylamine groups is 1. The maximum Gasteiger partial charge on any atom is 0.365 e. The number of hydrogen-bond acceptors (Lipinski definition) is 14. The third kappa shape index (κ3) is 11.6. The van der Waals surface area contributed by atoms with E-state index in [1.807, 2.05) is 6.08 Å². The van der Waals surface area contributed by atoms with Gasteiger partial charge in [0.15, 0.2) is 10.5 Å². The van der Waals surface area contributed by atoms with Crippen molar-refractivity contribution >= 4 is 63.7 Å². The van der Waals surface area contributed by atoms with E-state index in [4.69, 9.17) is 31.0 Å². The number of esters is 1. The Morgan fingerprint density at radius 3 is 2.54 bits per heavy atom. The lowest BCUT2D eigenvalue weighted by molar-refractivity contribution is -0.156. The van der Waals surface area contributed by atoms with Crippen molar-refractivity contribution in [3.05, 3.63) is 99.7 Å². The smallest absolute Gasteiger partial charge is 0.365 e. The number of carbonyl (C=O) groups excluding carboxylic acids is 2. The first-order chi connectivity index (χ1) is 29.4. The number of allylic oxidation sites excluding steroid dienone is 1. The number of carboxylic acids is 1. The number of oxime groups is 1. The van der Waals surface area contributed by atoms with Crippen molar-refractivity contribution < 1.29 is 53.6 Å². The van der Waals surface area contributed by atoms with Gasteiger partial charge in [-0.15, -0.1) is 0 Å². The second kappa shape index (κ2) is 20.3. The van der Waals surface area contributed by atoms with Crippen molar-refractivity contribution in [1.82, 2.24) is 10.8 Å². The van der Waals surface area contributed by atoms with Crippen molar-refractivity contribution in [2.45, 2.75) is 58.0 Å². The van der Waals surface area contributed by atoms with Crippen LogP contribution >= 0.6 is 12.2 Å². The Bertz CT molecular complexity index is 2530. The molecule has 0 saturated carbocycles. The zero-order valence-electron chi connectivity index (χ0n) is 33.1. The van der Waals surface area contributed by atoms with Gasteiger partial charge < -0.3 is 49.9 Å². The first-order valence-corrected chi connectivity index (χ1v) is 19.9. The molecule has 61 heavy (non-hydrogen) atoms. The minimum Gasteiger partial charge on any atom is -0.508 e. The van der Waals surface area contributed by atoms with E-state index in [1.54, 1.807) is 37.3 Å². The standard InChI is InChI=1S/C44H44N4O12S/c1-25-7-5-10-27(9-4-2-3-8-26-19-31(51)21-36(52)40(26)43(56)58-25)48-57-24-39(53)60-46-18-6-17-45-44(61)47-28-11-14-32(35(20-28)42(54)55)41-33-15-12-29(49)22-37(33)59-38-23-30(50)13-16-34(38)41/h3,8,11-16,19-23,25,46,49,51-52H,2,4-7,9-10,17-18,24H2,1H3,(H,54,55)(H2,45,47,61)/b8-3+,48-27-. The highest BCUT2D eigenvalue weighted by molar-refractivity contribution is 7.80. The van der Waals surface area contributed by atoms with Gasteiger partial charge in [-0.1, -0.05) is 23.4 Å². The molecule has 2 aliphatic heterocycles. The Labute approximate surface area is 354 Å². The van der Waals surface area contributed by atoms with E-state index in [1.165, 1.54) is 36.4 Å². The van der Waals surface area contributed by atoms with Crippen LogP contribution in [0.4, 0.5) is 5.69 Å². The first-order valence-electron chi connectivity index (χ1n) is 19.5. The fraction of sp³-hybridized carbons (Fsp3) is 0.273. The van der Waals surface area contributed by atoms with Crippen molar-refractivity contribution in [2.24, 2.45) is 5.16 Å². The van der Waals surface area contributed by atoms with E-state index < -0.39 is 30.6 Å². The molecule has 3 aromatic rings. The Kier molecular flexibility index (Phi) is 14.5. The maximum atomic E-state index is 12.8. The molecule has 16 nitrogen and oxygen atoms in total. The summed E-state index contributed by atoms with van der Waals surface area (Å²) in [6.45, 7) is 2.00. The Morgan fingerprint density at radius 2 is 1.72 bits per heavy atom. The van der Waals surface area contributed by atoms with E-state index in [-0.39, 0.29) is 56.8 Å². The number of cyclic esters (lactones) is 1. The molecular weight excluding hydrogens is 809 g/mol. The fourth-order valence-electron chi connectivity index (χ4n) is 6.77. The molecule has 3 aliphatic rings. The number of aromatic hydroxyl groups is 3. The SMILES string of the molecule is CC1CCC/C(=N\OCC(=O)ONCCCNC(=S)Nc2ccc(-c3c4ccc(=O)cc-4oc4cc(O)ccc34)c(C(=O)O)c2)CCC/C=C/c2cc(O)cc(O)c2C(=O)O1. The monoisotopic (exact) mass is 852 g/mol. The van der Waals surface area contributed by atoms with Gasteiger partial charge in [-0.05, 0) is 118 Å². The number of hydrogen-bond donors (Lipinski definition) is 7. The number of anilines is 1. The van der Waals surface area contributed by atoms with Gasteiger partial charge in [0.2, 0.25) is 6.61 Å². The molecule has 0 fully saturated rings. The predicted octanol–water partition coefficient (Wildman–Crippen LogP) is 7.09. The number of nitrogens with one attached hydrogen (secondary N) is 3. The van der Waals surface area contributed by atoms with Crippen LogP contribution in [0.25, 0.3) is 39.5 Å². The normalized spacial score (nSPS) is 15.9. The topological polar surface area (TPSA) is 238 Å². The summed E-state index contributed by atoms with van der Waals surface area (Å²) in [5.41, 5.74) is 5.46. The lowest BCUT2D eigenvalue weighted by Crippen LogP contribution is -2.31. The molecule has 3 aromatic carbocycles. The first kappa shape index (κ1) is 43.6. The molecule has 0 amide bonds. The van der Waals surface area contributed by atoms with Crippen molar-refractivity contribution in [1.29, 1.82) is 0 Å². The summed E-state index contributed by atoms with van der Waals surface area (Å²) in [5, 5.41) is 51.5. The summed E-state index contributed by atoms with van der Waals surface area (Å²) >= 11 is 5.42. The molecule has 0 bridgehead atoms. The third-order valence-corrected chi connectivity index (χ3v) is 9.86. The van der Waals surface area contributed by atoms with Crippen LogP contribution in [0.1, 0.15) is 78.1 Å². The van der Waals surface area contributed by atoms with Crippen molar-refractivity contribution in [2.75, 3.05) is 25.0 Å². The molecule has 1 unspecified atom stereocenters. The largest absolute Gasteiger partial charge is 0.508 e. The average molecular weight is 853 g/mol. The molecule has 2 heterocycles. The lowest BCUT2D eigenvalue weighted by Gasteiger charge is -2.18. The highest BCUT2D eigenvalue weighted by Crippen LogP contribution is 2.42. The van der Waals surface area contributed by atoms with Crippen LogP contribution in [0.5, 0.6) is 17.2 Å². The van der Waals surface area contributed by atoms with E-state index in [0.29, 0.717) is 84.8 Å². The van der Waals surface area contributed by atoms with Crippen LogP contribution in [0.15, 0.2) is 87.2 Å². The number of ether oxygens (including phenoxy) is 1. The summed E-state index contributed by atoms with van der Waals surface area (Å²) in [5.74, 6) is -2.89. The quantitative estimate of drug-likeness (QED) is 0.0231. The molecule has 0 saturated heterocycles. The van der Waals surface area contributed by atoms with Gasteiger partial charge in [-0.2, -0.15) is 5.48 Å². The maximum absolute atomic E-state index is 12.8. The molecule has 7 N–H and O–H groups in total. The van der Waals surface area contributed by atoms with Crippen molar-refractivity contribution in [3.63, 3.8) is 0 Å². The number of phenols is 3. The lowest BCUT2D eigenvalue weighted by atomic mass is 9.90. The summed E-state index contributed by atoms with van der Waals surface area (Å²) < 4.78 is 11.4. The molecule has 0 radical (unpaired) electrons.